The first-order valence-electron chi connectivity index (χ1n) is 7.20. The van der Waals surface area contributed by atoms with Gasteiger partial charge in [-0.1, -0.05) is 13.0 Å². The average molecular weight is 265 g/mol. The molecule has 3 heteroatoms. The number of rotatable bonds is 9. The van der Waals surface area contributed by atoms with E-state index in [0.29, 0.717) is 0 Å². The molecule has 0 atom stereocenters. The molecule has 3 nitrogen and oxygen atoms in total. The van der Waals surface area contributed by atoms with Crippen LogP contribution in [0.3, 0.4) is 0 Å². The number of hydrogen-bond acceptors (Lipinski definition) is 3. The summed E-state index contributed by atoms with van der Waals surface area (Å²) in [6.45, 7) is 10.1. The lowest BCUT2D eigenvalue weighted by Gasteiger charge is -2.20. The van der Waals surface area contributed by atoms with E-state index in [1.54, 1.807) is 0 Å². The Kier molecular flexibility index (Phi) is 7.53. The number of nitrogens with zero attached hydrogens (tertiary/aromatic N) is 1. The number of aryl methyl sites for hydroxylation is 2. The zero-order valence-electron chi connectivity index (χ0n) is 12.5. The van der Waals surface area contributed by atoms with Crippen LogP contribution in [0.25, 0.3) is 0 Å². The molecule has 0 aromatic heterocycles. The van der Waals surface area contributed by atoms with Crippen LogP contribution in [-0.2, 0) is 0 Å². The molecule has 1 aromatic rings. The fourth-order valence-corrected chi connectivity index (χ4v) is 2.29. The van der Waals surface area contributed by atoms with E-state index in [9.17, 15) is 0 Å². The standard InChI is InChI=1S/C16H27NO2/c1-4-6-17(8-9-18)7-5-10-19-16-12-14(2)11-15(3)13-16/h11-13,18H,4-10H2,1-3H3. The van der Waals surface area contributed by atoms with E-state index in [-0.39, 0.29) is 6.61 Å². The Labute approximate surface area is 117 Å². The predicted octanol–water partition coefficient (Wildman–Crippen LogP) is 2.78. The van der Waals surface area contributed by atoms with Gasteiger partial charge in [0.15, 0.2) is 0 Å². The first-order chi connectivity index (χ1) is 9.15. The van der Waals surface area contributed by atoms with E-state index < -0.39 is 0 Å². The second kappa shape index (κ2) is 8.94. The zero-order chi connectivity index (χ0) is 14.1. The fourth-order valence-electron chi connectivity index (χ4n) is 2.29. The highest BCUT2D eigenvalue weighted by Crippen LogP contribution is 2.16. The van der Waals surface area contributed by atoms with Crippen LogP contribution in [0.5, 0.6) is 5.75 Å². The maximum atomic E-state index is 8.99. The number of aliphatic hydroxyl groups is 1. The molecule has 0 heterocycles. The van der Waals surface area contributed by atoms with Crippen LogP contribution in [0.15, 0.2) is 18.2 Å². The molecule has 0 saturated heterocycles. The van der Waals surface area contributed by atoms with Crippen molar-refractivity contribution in [2.24, 2.45) is 0 Å². The molecule has 1 rings (SSSR count). The van der Waals surface area contributed by atoms with Gasteiger partial charge < -0.3 is 14.7 Å². The number of hydrogen-bond donors (Lipinski definition) is 1. The van der Waals surface area contributed by atoms with Crippen LogP contribution >= 0.6 is 0 Å². The molecule has 0 unspecified atom stereocenters. The van der Waals surface area contributed by atoms with Crippen molar-refractivity contribution in [2.75, 3.05) is 32.8 Å². The third kappa shape index (κ3) is 6.60. The highest BCUT2D eigenvalue weighted by Gasteiger charge is 2.03. The van der Waals surface area contributed by atoms with Crippen molar-refractivity contribution in [3.63, 3.8) is 0 Å². The third-order valence-electron chi connectivity index (χ3n) is 3.04. The number of aliphatic hydroxyl groups excluding tert-OH is 1. The van der Waals surface area contributed by atoms with Crippen molar-refractivity contribution in [3.8, 4) is 5.75 Å². The van der Waals surface area contributed by atoms with Gasteiger partial charge in [-0.2, -0.15) is 0 Å². The van der Waals surface area contributed by atoms with Gasteiger partial charge >= 0.3 is 0 Å². The van der Waals surface area contributed by atoms with Crippen LogP contribution in [0.2, 0.25) is 0 Å². The third-order valence-corrected chi connectivity index (χ3v) is 3.04. The van der Waals surface area contributed by atoms with Crippen LogP contribution < -0.4 is 4.74 Å². The minimum absolute atomic E-state index is 0.234. The molecule has 0 aliphatic heterocycles. The van der Waals surface area contributed by atoms with Crippen LogP contribution in [0, 0.1) is 13.8 Å². The summed E-state index contributed by atoms with van der Waals surface area (Å²) < 4.78 is 5.79. The topological polar surface area (TPSA) is 32.7 Å². The lowest BCUT2D eigenvalue weighted by molar-refractivity contribution is 0.183. The van der Waals surface area contributed by atoms with Crippen LogP contribution in [-0.4, -0.2) is 42.9 Å². The summed E-state index contributed by atoms with van der Waals surface area (Å²) >= 11 is 0. The van der Waals surface area contributed by atoms with Crippen LogP contribution in [0.1, 0.15) is 30.9 Å². The van der Waals surface area contributed by atoms with Crippen LogP contribution in [0.4, 0.5) is 0 Å². The molecule has 0 amide bonds. The SMILES string of the molecule is CCCN(CCO)CCCOc1cc(C)cc(C)c1. The van der Waals surface area contributed by atoms with Gasteiger partial charge in [0.1, 0.15) is 5.75 Å². The lowest BCUT2D eigenvalue weighted by atomic mass is 10.1. The minimum atomic E-state index is 0.234. The fraction of sp³-hybridized carbons (Fsp3) is 0.625. The summed E-state index contributed by atoms with van der Waals surface area (Å²) in [5.41, 5.74) is 2.48. The second-order valence-corrected chi connectivity index (χ2v) is 5.09. The van der Waals surface area contributed by atoms with Gasteiger partial charge in [-0.05, 0) is 56.5 Å². The monoisotopic (exact) mass is 265 g/mol. The Morgan fingerprint density at radius 3 is 2.32 bits per heavy atom. The molecule has 0 bridgehead atoms. The van der Waals surface area contributed by atoms with Gasteiger partial charge in [0.05, 0.1) is 13.2 Å². The van der Waals surface area contributed by atoms with Crippen molar-refractivity contribution in [1.29, 1.82) is 0 Å². The van der Waals surface area contributed by atoms with Crippen molar-refractivity contribution < 1.29 is 9.84 Å². The summed E-state index contributed by atoms with van der Waals surface area (Å²) in [5, 5.41) is 8.99. The van der Waals surface area contributed by atoms with Gasteiger partial charge in [-0.25, -0.2) is 0 Å². The highest BCUT2D eigenvalue weighted by molar-refractivity contribution is 5.32. The molecule has 108 valence electrons. The molecule has 0 fully saturated rings. The average Bonchev–Trinajstić information content (AvgIpc) is 2.34. The van der Waals surface area contributed by atoms with Gasteiger partial charge in [0, 0.05) is 13.1 Å². The molecule has 0 radical (unpaired) electrons. The lowest BCUT2D eigenvalue weighted by Crippen LogP contribution is -2.29. The van der Waals surface area contributed by atoms with Gasteiger partial charge in [-0.3, -0.25) is 0 Å². The largest absolute Gasteiger partial charge is 0.494 e. The van der Waals surface area contributed by atoms with E-state index in [1.807, 2.05) is 0 Å². The van der Waals surface area contributed by atoms with Crippen molar-refractivity contribution in [3.05, 3.63) is 29.3 Å². The van der Waals surface area contributed by atoms with E-state index in [4.69, 9.17) is 9.84 Å². The molecule has 0 saturated carbocycles. The Morgan fingerprint density at radius 2 is 1.74 bits per heavy atom. The summed E-state index contributed by atoms with van der Waals surface area (Å²) in [6.07, 6.45) is 2.12. The summed E-state index contributed by atoms with van der Waals surface area (Å²) in [6, 6.07) is 6.30. The maximum absolute atomic E-state index is 8.99. The van der Waals surface area contributed by atoms with E-state index in [1.165, 1.54) is 11.1 Å². The molecular weight excluding hydrogens is 238 g/mol. The molecule has 19 heavy (non-hydrogen) atoms. The molecule has 0 aliphatic rings. The van der Waals surface area contributed by atoms with E-state index in [0.717, 1.165) is 44.8 Å². The molecule has 0 spiro atoms. The van der Waals surface area contributed by atoms with E-state index >= 15 is 0 Å². The first-order valence-corrected chi connectivity index (χ1v) is 7.20. The van der Waals surface area contributed by atoms with E-state index in [2.05, 4.69) is 43.9 Å². The number of ether oxygens (including phenoxy) is 1. The molecular formula is C16H27NO2. The zero-order valence-corrected chi connectivity index (χ0v) is 12.5. The summed E-state index contributed by atoms with van der Waals surface area (Å²) in [5.74, 6) is 0.960. The smallest absolute Gasteiger partial charge is 0.119 e. The van der Waals surface area contributed by atoms with Gasteiger partial charge in [-0.15, -0.1) is 0 Å². The predicted molar refractivity (Wildman–Crippen MR) is 79.8 cm³/mol. The quantitative estimate of drug-likeness (QED) is 0.697. The maximum Gasteiger partial charge on any atom is 0.119 e. The Bertz CT molecular complexity index is 340. The summed E-state index contributed by atoms with van der Waals surface area (Å²) in [4.78, 5) is 2.28. The molecule has 0 aliphatic carbocycles. The summed E-state index contributed by atoms with van der Waals surface area (Å²) in [7, 11) is 0. The van der Waals surface area contributed by atoms with Crippen molar-refractivity contribution in [1.82, 2.24) is 4.90 Å². The first kappa shape index (κ1) is 16.0. The highest BCUT2D eigenvalue weighted by atomic mass is 16.5. The van der Waals surface area contributed by atoms with Crippen molar-refractivity contribution >= 4 is 0 Å². The Hall–Kier alpha value is -1.06. The molecule has 1 N–H and O–H groups in total. The minimum Gasteiger partial charge on any atom is -0.494 e. The normalized spacial score (nSPS) is 11.0. The van der Waals surface area contributed by atoms with Crippen molar-refractivity contribution in [2.45, 2.75) is 33.6 Å². The van der Waals surface area contributed by atoms with Gasteiger partial charge in [0.2, 0.25) is 0 Å². The second-order valence-electron chi connectivity index (χ2n) is 5.09. The Morgan fingerprint density at radius 1 is 1.05 bits per heavy atom. The van der Waals surface area contributed by atoms with Gasteiger partial charge in [0.25, 0.3) is 0 Å². The number of benzene rings is 1. The molecule has 1 aromatic carbocycles. The Balaban J connectivity index is 2.29.